The molecule has 1 aliphatic rings. The number of nitrogens with zero attached hydrogens (tertiary/aromatic N) is 3. The zero-order chi connectivity index (χ0) is 35.5. The van der Waals surface area contributed by atoms with Crippen molar-refractivity contribution in [2.24, 2.45) is 0 Å². The quantitative estimate of drug-likeness (QED) is 0.168. The Labute approximate surface area is 310 Å². The van der Waals surface area contributed by atoms with Gasteiger partial charge in [-0.05, 0) is 83.5 Å². The smallest absolute Gasteiger partial charge is 0.164 e. The summed E-state index contributed by atoms with van der Waals surface area (Å²) in [6, 6.07) is 63.0. The average Bonchev–Trinajstić information content (AvgIpc) is 3.46. The molecule has 0 fully saturated rings. The second-order valence-corrected chi connectivity index (χ2v) is 18.8. The van der Waals surface area contributed by atoms with Crippen LogP contribution in [0.4, 0.5) is 0 Å². The summed E-state index contributed by atoms with van der Waals surface area (Å²) in [4.78, 5) is 15.5. The number of hydrogen-bond donors (Lipinski definition) is 0. The lowest BCUT2D eigenvalue weighted by Crippen LogP contribution is -2.49. The van der Waals surface area contributed by atoms with Gasteiger partial charge in [0.2, 0.25) is 0 Å². The van der Waals surface area contributed by atoms with E-state index in [4.69, 9.17) is 15.0 Å². The number of rotatable bonds is 5. The fourth-order valence-corrected chi connectivity index (χ4v) is 11.1. The molecule has 8 aromatic carbocycles. The summed E-state index contributed by atoms with van der Waals surface area (Å²) >= 11 is 0. The van der Waals surface area contributed by atoms with Crippen LogP contribution in [0.1, 0.15) is 0 Å². The Hall–Kier alpha value is -6.49. The lowest BCUT2D eigenvalue weighted by molar-refractivity contribution is 1.07. The summed E-state index contributed by atoms with van der Waals surface area (Å²) in [6.07, 6.45) is 0. The molecule has 10 rings (SSSR count). The van der Waals surface area contributed by atoms with Gasteiger partial charge in [-0.1, -0.05) is 171 Å². The molecule has 0 bridgehead atoms. The zero-order valence-electron chi connectivity index (χ0n) is 29.6. The normalized spacial score (nSPS) is 12.9. The summed E-state index contributed by atoms with van der Waals surface area (Å²) in [7, 11) is -1.89. The van der Waals surface area contributed by atoms with Crippen LogP contribution in [0.15, 0.2) is 176 Å². The number of benzene rings is 8. The third kappa shape index (κ3) is 5.38. The third-order valence-electron chi connectivity index (χ3n) is 10.9. The maximum atomic E-state index is 5.20. The number of hydrogen-bond acceptors (Lipinski definition) is 3. The SMILES string of the molecule is C[Si]1(C)c2ccc(-c3nc(-c4ccc(-c5ccc6ccccc6c5)cc4)nc(-c4cccc(-c5ccccc5)c4)n3)cc2-c2c1ccc1ccccc21. The van der Waals surface area contributed by atoms with Gasteiger partial charge in [-0.3, -0.25) is 0 Å². The Kier molecular flexibility index (Phi) is 7.27. The van der Waals surface area contributed by atoms with Crippen LogP contribution in [0.5, 0.6) is 0 Å². The first-order valence-corrected chi connectivity index (χ1v) is 21.2. The van der Waals surface area contributed by atoms with E-state index >= 15 is 0 Å². The molecule has 0 amide bonds. The molecule has 2 heterocycles. The van der Waals surface area contributed by atoms with E-state index in [0.29, 0.717) is 17.5 Å². The monoisotopic (exact) mass is 693 g/mol. The van der Waals surface area contributed by atoms with Crippen molar-refractivity contribution < 1.29 is 0 Å². The standard InChI is InChI=1S/C49H35N3Si/c1-53(2)44-27-26-41(31-43(44)46-42-18-9-8-14-35(42)25-28-45(46)53)49-51-47(50-48(52-49)40-17-10-16-38(30-40)32-11-4-3-5-12-32)36-22-19-34(20-23-36)39-24-21-33-13-6-7-15-37(33)29-39/h3-31H,1-2H3. The van der Waals surface area contributed by atoms with E-state index in [9.17, 15) is 0 Å². The number of aromatic nitrogens is 3. The fraction of sp³-hybridized carbons (Fsp3) is 0.0408. The van der Waals surface area contributed by atoms with Gasteiger partial charge < -0.3 is 0 Å². The average molecular weight is 694 g/mol. The Morgan fingerprint density at radius 1 is 0.340 bits per heavy atom. The Bertz CT molecular complexity index is 2860. The molecule has 4 heteroatoms. The maximum Gasteiger partial charge on any atom is 0.164 e. The van der Waals surface area contributed by atoms with Crippen LogP contribution < -0.4 is 10.4 Å². The largest absolute Gasteiger partial charge is 0.208 e. The topological polar surface area (TPSA) is 38.7 Å². The van der Waals surface area contributed by atoms with E-state index in [-0.39, 0.29) is 0 Å². The molecule has 9 aromatic rings. The zero-order valence-corrected chi connectivity index (χ0v) is 30.6. The van der Waals surface area contributed by atoms with Gasteiger partial charge in [-0.25, -0.2) is 15.0 Å². The van der Waals surface area contributed by atoms with Crippen LogP contribution in [-0.2, 0) is 0 Å². The van der Waals surface area contributed by atoms with Gasteiger partial charge in [0.1, 0.15) is 8.07 Å². The van der Waals surface area contributed by atoms with E-state index < -0.39 is 8.07 Å². The molecule has 0 saturated carbocycles. The van der Waals surface area contributed by atoms with E-state index in [2.05, 4.69) is 183 Å². The molecule has 0 atom stereocenters. The van der Waals surface area contributed by atoms with Crippen LogP contribution in [0, 0.1) is 0 Å². The van der Waals surface area contributed by atoms with Crippen molar-refractivity contribution in [2.45, 2.75) is 13.1 Å². The van der Waals surface area contributed by atoms with Crippen molar-refractivity contribution >= 4 is 40.0 Å². The molecule has 3 nitrogen and oxygen atoms in total. The Morgan fingerprint density at radius 3 is 1.64 bits per heavy atom. The summed E-state index contributed by atoms with van der Waals surface area (Å²) in [5.41, 5.74) is 10.2. The molecule has 0 radical (unpaired) electrons. The first-order valence-electron chi connectivity index (χ1n) is 18.2. The van der Waals surface area contributed by atoms with Crippen molar-refractivity contribution in [3.8, 4) is 67.5 Å². The van der Waals surface area contributed by atoms with Crippen LogP contribution in [0.3, 0.4) is 0 Å². The molecule has 0 unspecified atom stereocenters. The van der Waals surface area contributed by atoms with Crippen molar-refractivity contribution in [1.82, 2.24) is 15.0 Å². The molecular weight excluding hydrogens is 659 g/mol. The summed E-state index contributed by atoms with van der Waals surface area (Å²) in [5.74, 6) is 1.98. The highest BCUT2D eigenvalue weighted by Crippen LogP contribution is 2.37. The maximum absolute atomic E-state index is 5.20. The van der Waals surface area contributed by atoms with E-state index in [0.717, 1.165) is 33.4 Å². The highest BCUT2D eigenvalue weighted by atomic mass is 28.3. The summed E-state index contributed by atoms with van der Waals surface area (Å²) in [6.45, 7) is 4.93. The van der Waals surface area contributed by atoms with E-state index in [1.165, 1.54) is 48.6 Å². The van der Waals surface area contributed by atoms with Gasteiger partial charge in [0.15, 0.2) is 17.5 Å². The molecular formula is C49H35N3Si. The highest BCUT2D eigenvalue weighted by Gasteiger charge is 2.38. The lowest BCUT2D eigenvalue weighted by atomic mass is 9.97. The van der Waals surface area contributed by atoms with Gasteiger partial charge in [0.25, 0.3) is 0 Å². The van der Waals surface area contributed by atoms with Gasteiger partial charge in [0.05, 0.1) is 0 Å². The van der Waals surface area contributed by atoms with Crippen molar-refractivity contribution in [2.75, 3.05) is 0 Å². The highest BCUT2D eigenvalue weighted by molar-refractivity contribution is 7.04. The van der Waals surface area contributed by atoms with Gasteiger partial charge in [0, 0.05) is 16.7 Å². The first kappa shape index (κ1) is 31.3. The predicted octanol–water partition coefficient (Wildman–Crippen LogP) is 11.3. The van der Waals surface area contributed by atoms with Crippen molar-refractivity contribution in [3.05, 3.63) is 176 Å². The minimum Gasteiger partial charge on any atom is -0.208 e. The Balaban J connectivity index is 1.12. The Morgan fingerprint density at radius 2 is 0.849 bits per heavy atom. The summed E-state index contributed by atoms with van der Waals surface area (Å²) < 4.78 is 0. The van der Waals surface area contributed by atoms with E-state index in [1.54, 1.807) is 0 Å². The predicted molar refractivity (Wildman–Crippen MR) is 224 cm³/mol. The molecule has 0 spiro atoms. The molecule has 1 aliphatic heterocycles. The summed E-state index contributed by atoms with van der Waals surface area (Å²) in [5, 5.41) is 8.00. The van der Waals surface area contributed by atoms with Gasteiger partial charge in [-0.15, -0.1) is 0 Å². The lowest BCUT2D eigenvalue weighted by Gasteiger charge is -2.19. The number of fused-ring (bicyclic) bond motifs is 6. The van der Waals surface area contributed by atoms with Crippen LogP contribution in [-0.4, -0.2) is 23.0 Å². The molecule has 0 aliphatic carbocycles. The molecule has 53 heavy (non-hydrogen) atoms. The molecule has 250 valence electrons. The second-order valence-electron chi connectivity index (χ2n) is 14.5. The van der Waals surface area contributed by atoms with Gasteiger partial charge >= 0.3 is 0 Å². The minimum absolute atomic E-state index is 0.654. The van der Waals surface area contributed by atoms with E-state index in [1.807, 2.05) is 6.07 Å². The molecule has 0 N–H and O–H groups in total. The van der Waals surface area contributed by atoms with Gasteiger partial charge in [-0.2, -0.15) is 0 Å². The van der Waals surface area contributed by atoms with Crippen LogP contribution in [0.2, 0.25) is 13.1 Å². The second kappa shape index (κ2) is 12.3. The minimum atomic E-state index is -1.89. The van der Waals surface area contributed by atoms with Crippen molar-refractivity contribution in [1.29, 1.82) is 0 Å². The first-order chi connectivity index (χ1) is 26.0. The van der Waals surface area contributed by atoms with Crippen molar-refractivity contribution in [3.63, 3.8) is 0 Å². The van der Waals surface area contributed by atoms with Crippen LogP contribution in [0.25, 0.3) is 89.1 Å². The van der Waals surface area contributed by atoms with Crippen LogP contribution >= 0.6 is 0 Å². The molecule has 0 saturated heterocycles. The fourth-order valence-electron chi connectivity index (χ4n) is 8.08. The third-order valence-corrected chi connectivity index (χ3v) is 14.5. The molecule has 1 aromatic heterocycles.